The molecule has 5 nitrogen and oxygen atoms in total. The van der Waals surface area contributed by atoms with E-state index in [4.69, 9.17) is 0 Å². The van der Waals surface area contributed by atoms with Gasteiger partial charge in [0.2, 0.25) is 5.91 Å². The normalized spacial score (nSPS) is 20.4. The lowest BCUT2D eigenvalue weighted by atomic mass is 10.2. The molecule has 1 amide bonds. The van der Waals surface area contributed by atoms with Crippen LogP contribution in [0.1, 0.15) is 17.7 Å². The molecule has 1 atom stereocenters. The maximum atomic E-state index is 12.8. The lowest BCUT2D eigenvalue weighted by Crippen LogP contribution is -2.27. The Labute approximate surface area is 105 Å². The summed E-state index contributed by atoms with van der Waals surface area (Å²) >= 11 is 0. The van der Waals surface area contributed by atoms with Gasteiger partial charge < -0.3 is 4.90 Å². The number of carbonyl (C=O) groups excluding carboxylic acids is 1. The third-order valence-corrected chi connectivity index (χ3v) is 4.01. The van der Waals surface area contributed by atoms with Crippen LogP contribution in [0.15, 0.2) is 18.3 Å². The summed E-state index contributed by atoms with van der Waals surface area (Å²) in [5.41, 5.74) is 1.67. The van der Waals surface area contributed by atoms with Crippen LogP contribution in [0, 0.1) is 6.92 Å². The van der Waals surface area contributed by atoms with Crippen LogP contribution in [-0.2, 0) is 21.6 Å². The minimum absolute atomic E-state index is 0.104. The maximum Gasteiger partial charge on any atom is 0.307 e. The second-order valence-electron chi connectivity index (χ2n) is 4.40. The molecule has 18 heavy (non-hydrogen) atoms. The monoisotopic (exact) mass is 272 g/mol. The smallest absolute Gasteiger partial charge is 0.307 e. The van der Waals surface area contributed by atoms with Gasteiger partial charge in [0, 0.05) is 19.2 Å². The van der Waals surface area contributed by atoms with E-state index in [1.54, 1.807) is 6.20 Å². The van der Waals surface area contributed by atoms with E-state index in [0.29, 0.717) is 5.69 Å². The third-order valence-electron chi connectivity index (χ3n) is 2.90. The fraction of sp³-hybridized carbons (Fsp3) is 0.455. The zero-order chi connectivity index (χ0) is 13.3. The van der Waals surface area contributed by atoms with Gasteiger partial charge in [0.25, 0.3) is 0 Å². The zero-order valence-corrected chi connectivity index (χ0v) is 10.7. The van der Waals surface area contributed by atoms with Crippen molar-refractivity contribution in [2.45, 2.75) is 25.1 Å². The molecule has 2 rings (SSSR count). The Morgan fingerprint density at radius 1 is 1.56 bits per heavy atom. The average Bonchev–Trinajstić information content (AvgIpc) is 2.60. The fourth-order valence-electron chi connectivity index (χ4n) is 1.96. The molecular formula is C11H13FN2O3S. The molecule has 2 heterocycles. The van der Waals surface area contributed by atoms with Gasteiger partial charge in [0.15, 0.2) is 0 Å². The summed E-state index contributed by atoms with van der Waals surface area (Å²) < 4.78 is 34.4. The number of likely N-dealkylation sites (tertiary alicyclic amines) is 1. The van der Waals surface area contributed by atoms with Gasteiger partial charge in [-0.25, -0.2) is 0 Å². The van der Waals surface area contributed by atoms with Crippen molar-refractivity contribution in [2.24, 2.45) is 0 Å². The quantitative estimate of drug-likeness (QED) is 0.763. The number of halogens is 1. The topological polar surface area (TPSA) is 67.3 Å². The van der Waals surface area contributed by atoms with Crippen molar-refractivity contribution in [3.63, 3.8) is 0 Å². The zero-order valence-electron chi connectivity index (χ0n) is 9.84. The lowest BCUT2D eigenvalue weighted by Gasteiger charge is -2.15. The van der Waals surface area contributed by atoms with Crippen LogP contribution in [0.4, 0.5) is 3.89 Å². The van der Waals surface area contributed by atoms with Crippen molar-refractivity contribution in [2.75, 3.05) is 6.54 Å². The van der Waals surface area contributed by atoms with Crippen molar-refractivity contribution >= 4 is 16.1 Å². The Morgan fingerprint density at radius 2 is 2.28 bits per heavy atom. The van der Waals surface area contributed by atoms with Gasteiger partial charge >= 0.3 is 10.2 Å². The number of amides is 1. The predicted octanol–water partition coefficient (Wildman–Crippen LogP) is 0.790. The predicted molar refractivity (Wildman–Crippen MR) is 62.8 cm³/mol. The van der Waals surface area contributed by atoms with E-state index in [-0.39, 0.29) is 25.4 Å². The van der Waals surface area contributed by atoms with Crippen LogP contribution in [0.25, 0.3) is 0 Å². The van der Waals surface area contributed by atoms with Crippen molar-refractivity contribution in [1.29, 1.82) is 0 Å². The summed E-state index contributed by atoms with van der Waals surface area (Å²) in [5, 5.41) is -1.24. The maximum absolute atomic E-state index is 12.8. The van der Waals surface area contributed by atoms with Crippen LogP contribution >= 0.6 is 0 Å². The van der Waals surface area contributed by atoms with Crippen molar-refractivity contribution in [3.8, 4) is 0 Å². The molecule has 1 aromatic rings. The summed E-state index contributed by atoms with van der Waals surface area (Å²) in [4.78, 5) is 17.0. The van der Waals surface area contributed by atoms with Gasteiger partial charge in [-0.3, -0.25) is 9.78 Å². The largest absolute Gasteiger partial charge is 0.335 e. The standard InChI is InChI=1S/C11H13FN2O3S/c1-8-2-3-13-9(4-8)6-14-7-10(5-11(14)15)18(12,16)17/h2-4,10H,5-7H2,1H3. The summed E-state index contributed by atoms with van der Waals surface area (Å²) in [6, 6.07) is 3.63. The highest BCUT2D eigenvalue weighted by atomic mass is 32.3. The molecule has 0 radical (unpaired) electrons. The number of hydrogen-bond acceptors (Lipinski definition) is 4. The molecule has 1 unspecified atom stereocenters. The minimum Gasteiger partial charge on any atom is -0.335 e. The SMILES string of the molecule is Cc1ccnc(CN2CC(S(=O)(=O)F)CC2=O)c1. The molecule has 1 aromatic heterocycles. The van der Waals surface area contributed by atoms with E-state index in [9.17, 15) is 17.1 Å². The number of nitrogens with zero attached hydrogens (tertiary/aromatic N) is 2. The molecule has 0 saturated carbocycles. The Hall–Kier alpha value is -1.50. The van der Waals surface area contributed by atoms with E-state index in [1.807, 2.05) is 19.1 Å². The fourth-order valence-corrected chi connectivity index (χ4v) is 2.66. The molecule has 0 spiro atoms. The van der Waals surface area contributed by atoms with Gasteiger partial charge in [-0.2, -0.15) is 8.42 Å². The molecule has 1 aliphatic rings. The third kappa shape index (κ3) is 2.84. The van der Waals surface area contributed by atoms with Crippen molar-refractivity contribution in [1.82, 2.24) is 9.88 Å². The van der Waals surface area contributed by atoms with E-state index >= 15 is 0 Å². The number of carbonyl (C=O) groups is 1. The molecular weight excluding hydrogens is 259 g/mol. The molecule has 7 heteroatoms. The van der Waals surface area contributed by atoms with Crippen LogP contribution in [-0.4, -0.2) is 36.0 Å². The van der Waals surface area contributed by atoms with Crippen molar-refractivity contribution in [3.05, 3.63) is 29.6 Å². The van der Waals surface area contributed by atoms with Crippen LogP contribution < -0.4 is 0 Å². The number of aryl methyl sites for hydroxylation is 1. The van der Waals surface area contributed by atoms with Gasteiger partial charge in [-0.05, 0) is 24.6 Å². The average molecular weight is 272 g/mol. The molecule has 1 aliphatic heterocycles. The molecule has 0 N–H and O–H groups in total. The van der Waals surface area contributed by atoms with Crippen LogP contribution in [0.5, 0.6) is 0 Å². The molecule has 1 fully saturated rings. The number of aromatic nitrogens is 1. The first-order valence-electron chi connectivity index (χ1n) is 5.49. The Bertz CT molecular complexity index is 573. The second kappa shape index (κ2) is 4.64. The first-order chi connectivity index (χ1) is 8.36. The number of hydrogen-bond donors (Lipinski definition) is 0. The number of pyridine rings is 1. The Morgan fingerprint density at radius 3 is 2.83 bits per heavy atom. The summed E-state index contributed by atoms with van der Waals surface area (Å²) in [6.07, 6.45) is 1.33. The number of rotatable bonds is 3. The molecule has 0 aromatic carbocycles. The minimum atomic E-state index is -4.65. The summed E-state index contributed by atoms with van der Waals surface area (Å²) in [7, 11) is -4.65. The summed E-state index contributed by atoms with van der Waals surface area (Å²) in [5.74, 6) is -0.357. The van der Waals surface area contributed by atoms with Crippen LogP contribution in [0.2, 0.25) is 0 Å². The molecule has 98 valence electrons. The Balaban J connectivity index is 2.10. The molecule has 0 aliphatic carbocycles. The highest BCUT2D eigenvalue weighted by Crippen LogP contribution is 2.21. The van der Waals surface area contributed by atoms with Gasteiger partial charge in [0.05, 0.1) is 12.2 Å². The van der Waals surface area contributed by atoms with Crippen molar-refractivity contribution < 1.29 is 17.1 Å². The van der Waals surface area contributed by atoms with E-state index in [0.717, 1.165) is 5.56 Å². The molecule has 0 bridgehead atoms. The van der Waals surface area contributed by atoms with Gasteiger partial charge in [0.1, 0.15) is 5.25 Å². The van der Waals surface area contributed by atoms with Gasteiger partial charge in [-0.15, -0.1) is 3.89 Å². The van der Waals surface area contributed by atoms with E-state index < -0.39 is 15.5 Å². The Kier molecular flexibility index (Phi) is 3.34. The lowest BCUT2D eigenvalue weighted by molar-refractivity contribution is -0.128. The van der Waals surface area contributed by atoms with E-state index in [1.165, 1.54) is 4.90 Å². The first kappa shape index (κ1) is 12.9. The summed E-state index contributed by atoms with van der Waals surface area (Å²) in [6.45, 7) is 2.01. The highest BCUT2D eigenvalue weighted by Gasteiger charge is 2.38. The highest BCUT2D eigenvalue weighted by molar-refractivity contribution is 7.87. The van der Waals surface area contributed by atoms with Gasteiger partial charge in [-0.1, -0.05) is 0 Å². The van der Waals surface area contributed by atoms with E-state index in [2.05, 4.69) is 4.98 Å². The van der Waals surface area contributed by atoms with Crippen LogP contribution in [0.3, 0.4) is 0 Å². The molecule has 1 saturated heterocycles. The second-order valence-corrected chi connectivity index (χ2v) is 6.02. The first-order valence-corrected chi connectivity index (χ1v) is 6.93.